The van der Waals surface area contributed by atoms with E-state index in [4.69, 9.17) is 16.3 Å². The zero-order valence-corrected chi connectivity index (χ0v) is 14.5. The Labute approximate surface area is 146 Å². The lowest BCUT2D eigenvalue weighted by molar-refractivity contribution is 0.415. The highest BCUT2D eigenvalue weighted by atomic mass is 35.5. The first-order valence-electron chi connectivity index (χ1n) is 8.13. The number of ether oxygens (including phenoxy) is 1. The second-order valence-corrected chi connectivity index (χ2v) is 6.66. The number of anilines is 1. The van der Waals surface area contributed by atoms with Crippen LogP contribution in [0.1, 0.15) is 18.1 Å². The molecule has 4 heteroatoms. The quantitative estimate of drug-likeness (QED) is 0.638. The van der Waals surface area contributed by atoms with Crippen LogP contribution in [0, 0.1) is 0 Å². The summed E-state index contributed by atoms with van der Waals surface area (Å²) in [4.78, 5) is 6.98. The van der Waals surface area contributed by atoms with Crippen molar-refractivity contribution in [2.24, 2.45) is 0 Å². The van der Waals surface area contributed by atoms with Crippen LogP contribution in [0.15, 0.2) is 48.5 Å². The van der Waals surface area contributed by atoms with E-state index in [2.05, 4.69) is 47.1 Å². The molecule has 122 valence electrons. The van der Waals surface area contributed by atoms with Crippen LogP contribution >= 0.6 is 11.6 Å². The molecule has 1 unspecified atom stereocenters. The van der Waals surface area contributed by atoms with Gasteiger partial charge in [0.05, 0.1) is 12.6 Å². The van der Waals surface area contributed by atoms with Gasteiger partial charge >= 0.3 is 0 Å². The monoisotopic (exact) mass is 338 g/mol. The average molecular weight is 339 g/mol. The highest BCUT2D eigenvalue weighted by Crippen LogP contribution is 2.34. The standard InChI is InChI=1S/C20H19ClN2O/c1-13-9-15-5-3-4-6-19(15)23(13)12-16-10-14-7-8-17(24-2)11-18(14)22-20(16)21/h3-8,10-11,13H,9,12H2,1-2H3. The Bertz CT molecular complexity index is 909. The van der Waals surface area contributed by atoms with E-state index in [1.807, 2.05) is 18.2 Å². The van der Waals surface area contributed by atoms with Crippen LogP contribution in [0.5, 0.6) is 5.75 Å². The SMILES string of the molecule is COc1ccc2cc(CN3c4ccccc4CC3C)c(Cl)nc2c1. The third-order valence-corrected chi connectivity index (χ3v) is 5.07. The first-order valence-corrected chi connectivity index (χ1v) is 8.51. The van der Waals surface area contributed by atoms with Crippen molar-refractivity contribution in [2.75, 3.05) is 12.0 Å². The molecule has 0 saturated carbocycles. The molecule has 0 bridgehead atoms. The number of fused-ring (bicyclic) bond motifs is 2. The molecule has 1 aromatic heterocycles. The molecule has 0 aliphatic carbocycles. The summed E-state index contributed by atoms with van der Waals surface area (Å²) in [6.45, 7) is 3.03. The predicted molar refractivity (Wildman–Crippen MR) is 99.1 cm³/mol. The second-order valence-electron chi connectivity index (χ2n) is 6.31. The third kappa shape index (κ3) is 2.59. The summed E-state index contributed by atoms with van der Waals surface area (Å²) in [6, 6.07) is 17.1. The van der Waals surface area contributed by atoms with Gasteiger partial charge in [-0.15, -0.1) is 0 Å². The van der Waals surface area contributed by atoms with Crippen molar-refractivity contribution < 1.29 is 4.74 Å². The van der Waals surface area contributed by atoms with Gasteiger partial charge in [-0.3, -0.25) is 0 Å². The number of rotatable bonds is 3. The number of methoxy groups -OCH3 is 1. The topological polar surface area (TPSA) is 25.4 Å². The fourth-order valence-corrected chi connectivity index (χ4v) is 3.66. The largest absolute Gasteiger partial charge is 0.497 e. The van der Waals surface area contributed by atoms with Crippen molar-refractivity contribution in [1.29, 1.82) is 0 Å². The van der Waals surface area contributed by atoms with Gasteiger partial charge in [0.2, 0.25) is 0 Å². The van der Waals surface area contributed by atoms with Gasteiger partial charge in [-0.05, 0) is 43.2 Å². The molecule has 2 heterocycles. The molecule has 24 heavy (non-hydrogen) atoms. The maximum Gasteiger partial charge on any atom is 0.134 e. The van der Waals surface area contributed by atoms with Crippen molar-refractivity contribution in [3.63, 3.8) is 0 Å². The van der Waals surface area contributed by atoms with Crippen molar-refractivity contribution in [3.8, 4) is 5.75 Å². The molecule has 1 atom stereocenters. The van der Waals surface area contributed by atoms with Gasteiger partial charge in [-0.2, -0.15) is 0 Å². The zero-order chi connectivity index (χ0) is 16.7. The summed E-state index contributed by atoms with van der Waals surface area (Å²) in [5.74, 6) is 0.793. The maximum absolute atomic E-state index is 6.47. The van der Waals surface area contributed by atoms with Crippen LogP contribution < -0.4 is 9.64 Å². The van der Waals surface area contributed by atoms with Gasteiger partial charge in [0, 0.05) is 35.3 Å². The molecule has 2 aromatic carbocycles. The molecule has 3 aromatic rings. The maximum atomic E-state index is 6.47. The lowest BCUT2D eigenvalue weighted by atomic mass is 10.1. The van der Waals surface area contributed by atoms with E-state index in [0.717, 1.165) is 35.2 Å². The first-order chi connectivity index (χ1) is 11.7. The Morgan fingerprint density at radius 2 is 2.04 bits per heavy atom. The minimum atomic E-state index is 0.463. The molecule has 0 amide bonds. The van der Waals surface area contributed by atoms with E-state index >= 15 is 0 Å². The fourth-order valence-electron chi connectivity index (χ4n) is 3.46. The van der Waals surface area contributed by atoms with Gasteiger partial charge in [0.15, 0.2) is 0 Å². The molecule has 1 aliphatic heterocycles. The molecule has 0 spiro atoms. The third-order valence-electron chi connectivity index (χ3n) is 4.74. The fraction of sp³-hybridized carbons (Fsp3) is 0.250. The van der Waals surface area contributed by atoms with Crippen molar-refractivity contribution in [2.45, 2.75) is 25.9 Å². The summed E-state index contributed by atoms with van der Waals surface area (Å²) in [5, 5.41) is 1.64. The number of hydrogen-bond acceptors (Lipinski definition) is 3. The minimum Gasteiger partial charge on any atom is -0.497 e. The number of hydrogen-bond donors (Lipinski definition) is 0. The number of para-hydroxylation sites is 1. The van der Waals surface area contributed by atoms with E-state index in [-0.39, 0.29) is 0 Å². The molecule has 0 fully saturated rings. The van der Waals surface area contributed by atoms with Crippen LogP contribution in [0.3, 0.4) is 0 Å². The average Bonchev–Trinajstić information content (AvgIpc) is 2.91. The second kappa shape index (κ2) is 5.99. The van der Waals surface area contributed by atoms with Crippen LogP contribution in [-0.4, -0.2) is 18.1 Å². The van der Waals surface area contributed by atoms with Gasteiger partial charge in [0.25, 0.3) is 0 Å². The summed E-state index contributed by atoms with van der Waals surface area (Å²) in [6.07, 6.45) is 1.08. The Morgan fingerprint density at radius 3 is 2.88 bits per heavy atom. The van der Waals surface area contributed by atoms with Gasteiger partial charge in [-0.25, -0.2) is 4.98 Å². The van der Waals surface area contributed by atoms with Gasteiger partial charge in [0.1, 0.15) is 10.9 Å². The number of pyridine rings is 1. The van der Waals surface area contributed by atoms with E-state index in [9.17, 15) is 0 Å². The highest BCUT2D eigenvalue weighted by molar-refractivity contribution is 6.30. The van der Waals surface area contributed by atoms with Crippen molar-refractivity contribution in [3.05, 3.63) is 64.8 Å². The van der Waals surface area contributed by atoms with Crippen molar-refractivity contribution >= 4 is 28.2 Å². The lowest BCUT2D eigenvalue weighted by Gasteiger charge is -2.25. The minimum absolute atomic E-state index is 0.463. The molecule has 3 nitrogen and oxygen atoms in total. The Hall–Kier alpha value is -2.26. The number of halogens is 1. The predicted octanol–water partition coefficient (Wildman–Crippen LogP) is 4.85. The molecule has 0 N–H and O–H groups in total. The van der Waals surface area contributed by atoms with Crippen LogP contribution in [0.2, 0.25) is 5.15 Å². The molecule has 1 aliphatic rings. The van der Waals surface area contributed by atoms with Crippen molar-refractivity contribution in [1.82, 2.24) is 4.98 Å². The normalized spacial score (nSPS) is 16.5. The smallest absolute Gasteiger partial charge is 0.134 e. The Balaban J connectivity index is 1.71. The van der Waals surface area contributed by atoms with Crippen LogP contribution in [-0.2, 0) is 13.0 Å². The first kappa shape index (κ1) is 15.3. The van der Waals surface area contributed by atoms with E-state index < -0.39 is 0 Å². The number of benzene rings is 2. The summed E-state index contributed by atoms with van der Waals surface area (Å²) < 4.78 is 5.26. The lowest BCUT2D eigenvalue weighted by Crippen LogP contribution is -2.28. The zero-order valence-electron chi connectivity index (χ0n) is 13.8. The summed E-state index contributed by atoms with van der Waals surface area (Å²) in [5.41, 5.74) is 4.62. The molecule has 4 rings (SSSR count). The van der Waals surface area contributed by atoms with Gasteiger partial charge < -0.3 is 9.64 Å². The molecule has 0 radical (unpaired) electrons. The highest BCUT2D eigenvalue weighted by Gasteiger charge is 2.26. The van der Waals surface area contributed by atoms with Gasteiger partial charge in [-0.1, -0.05) is 29.8 Å². The Kier molecular flexibility index (Phi) is 3.81. The Morgan fingerprint density at radius 1 is 1.21 bits per heavy atom. The van der Waals surface area contributed by atoms with E-state index in [1.165, 1.54) is 11.3 Å². The van der Waals surface area contributed by atoms with E-state index in [0.29, 0.717) is 11.2 Å². The number of nitrogens with zero attached hydrogens (tertiary/aromatic N) is 2. The summed E-state index contributed by atoms with van der Waals surface area (Å²) in [7, 11) is 1.66. The molecular weight excluding hydrogens is 320 g/mol. The van der Waals surface area contributed by atoms with E-state index in [1.54, 1.807) is 7.11 Å². The van der Waals surface area contributed by atoms with Crippen LogP contribution in [0.4, 0.5) is 5.69 Å². The molecule has 0 saturated heterocycles. The summed E-state index contributed by atoms with van der Waals surface area (Å²) >= 11 is 6.47. The number of aromatic nitrogens is 1. The molecular formula is C20H19ClN2O. The van der Waals surface area contributed by atoms with Crippen LogP contribution in [0.25, 0.3) is 10.9 Å².